The Hall–Kier alpha value is -2.07. The first-order valence-electron chi connectivity index (χ1n) is 21.6. The van der Waals surface area contributed by atoms with Crippen LogP contribution < -0.4 is 0 Å². The van der Waals surface area contributed by atoms with Crippen molar-refractivity contribution in [1.82, 2.24) is 0 Å². The van der Waals surface area contributed by atoms with Crippen LogP contribution in [0.15, 0.2) is 48.6 Å². The largest absolute Gasteiger partial charge is 0.469 e. The molecule has 0 fully saturated rings. The summed E-state index contributed by atoms with van der Waals surface area (Å²) in [5, 5.41) is 20.5. The van der Waals surface area contributed by atoms with Gasteiger partial charge in [0.2, 0.25) is 0 Å². The highest BCUT2D eigenvalue weighted by molar-refractivity contribution is 7.46. The van der Waals surface area contributed by atoms with Crippen LogP contribution in [0, 0.1) is 0 Å². The molecule has 320 valence electrons. The lowest BCUT2D eigenvalue weighted by Gasteiger charge is -2.19. The summed E-state index contributed by atoms with van der Waals surface area (Å²) >= 11 is 0. The number of aliphatic hydroxyl groups excluding tert-OH is 2. The molecule has 4 N–H and O–H groups in total. The number of unbranched alkanes of at least 4 members (excludes halogenated alkanes) is 17. The molecule has 0 rings (SSSR count). The van der Waals surface area contributed by atoms with Crippen LogP contribution in [-0.2, 0) is 28.2 Å². The number of hydrogen-bond donors (Lipinski definition) is 4. The van der Waals surface area contributed by atoms with Gasteiger partial charge in [0.1, 0.15) is 6.61 Å². The molecule has 0 aromatic carbocycles. The van der Waals surface area contributed by atoms with Crippen molar-refractivity contribution >= 4 is 19.8 Å². The zero-order valence-electron chi connectivity index (χ0n) is 34.5. The minimum atomic E-state index is -4.82. The molecule has 0 unspecified atom stereocenters. The van der Waals surface area contributed by atoms with E-state index < -0.39 is 51.3 Å². The molecule has 0 bridgehead atoms. The van der Waals surface area contributed by atoms with E-state index in [-0.39, 0.29) is 32.1 Å². The monoisotopic (exact) mass is 799 g/mol. The maximum Gasteiger partial charge on any atom is 0.469 e. The summed E-state index contributed by atoms with van der Waals surface area (Å²) in [7, 11) is -4.82. The molecule has 10 nitrogen and oxygen atoms in total. The molecule has 0 saturated heterocycles. The molecule has 0 aromatic rings. The molecule has 0 aliphatic heterocycles. The van der Waals surface area contributed by atoms with Crippen LogP contribution in [0.1, 0.15) is 187 Å². The Labute approximate surface area is 334 Å². The second-order valence-corrected chi connectivity index (χ2v) is 15.8. The van der Waals surface area contributed by atoms with Crippen molar-refractivity contribution in [2.24, 2.45) is 0 Å². The molecule has 0 aromatic heterocycles. The van der Waals surface area contributed by atoms with Crippen molar-refractivity contribution in [3.63, 3.8) is 0 Å². The highest BCUT2D eigenvalue weighted by Crippen LogP contribution is 2.36. The summed E-state index contributed by atoms with van der Waals surface area (Å²) in [4.78, 5) is 42.9. The van der Waals surface area contributed by atoms with Gasteiger partial charge in [-0.3, -0.25) is 14.1 Å². The van der Waals surface area contributed by atoms with Crippen molar-refractivity contribution < 1.29 is 48.2 Å². The van der Waals surface area contributed by atoms with Gasteiger partial charge in [-0.1, -0.05) is 172 Å². The van der Waals surface area contributed by atoms with Crippen molar-refractivity contribution in [2.75, 3.05) is 13.2 Å². The Bertz CT molecular complexity index is 1070. The predicted octanol–water partition coefficient (Wildman–Crippen LogP) is 11.1. The van der Waals surface area contributed by atoms with Crippen molar-refractivity contribution in [1.29, 1.82) is 0 Å². The fourth-order valence-corrected chi connectivity index (χ4v) is 6.35. The molecule has 11 heteroatoms. The number of phosphoric acid groups is 1. The zero-order chi connectivity index (χ0) is 40.7. The average molecular weight is 799 g/mol. The number of hydrogen-bond acceptors (Lipinski definition) is 8. The SMILES string of the molecule is CC/C=C\C/C=C\C/C=C\C/C=C\C[C@H](O)[C@@H](O)CCCC(=O)OC[C@H](COP(=O)(O)O)OC(=O)CCCCCCCCCCCCCCCCCCCC. The van der Waals surface area contributed by atoms with E-state index in [4.69, 9.17) is 19.3 Å². The highest BCUT2D eigenvalue weighted by Gasteiger charge is 2.23. The van der Waals surface area contributed by atoms with Gasteiger partial charge in [-0.05, 0) is 51.4 Å². The zero-order valence-corrected chi connectivity index (χ0v) is 35.4. The van der Waals surface area contributed by atoms with Crippen LogP contribution in [0.4, 0.5) is 0 Å². The van der Waals surface area contributed by atoms with Crippen molar-refractivity contribution in [3.8, 4) is 0 Å². The quantitative estimate of drug-likeness (QED) is 0.0204. The second kappa shape index (κ2) is 38.8. The molecular weight excluding hydrogens is 719 g/mol. The fraction of sp³-hybridized carbons (Fsp3) is 0.773. The first-order valence-corrected chi connectivity index (χ1v) is 23.1. The van der Waals surface area contributed by atoms with E-state index in [2.05, 4.69) is 48.8 Å². The molecule has 0 amide bonds. The molecule has 0 aliphatic rings. The lowest BCUT2D eigenvalue weighted by Crippen LogP contribution is -2.29. The first-order chi connectivity index (χ1) is 26.6. The number of phosphoric ester groups is 1. The Morgan fingerprint density at radius 3 is 1.45 bits per heavy atom. The fourth-order valence-electron chi connectivity index (χ4n) is 5.99. The normalized spacial score (nSPS) is 14.1. The third-order valence-corrected chi connectivity index (χ3v) is 9.80. The van der Waals surface area contributed by atoms with Crippen molar-refractivity contribution in [3.05, 3.63) is 48.6 Å². The molecule has 0 radical (unpaired) electrons. The standard InChI is InChI=1S/C44H79O10P/c1-3-5-7-9-11-13-15-17-18-19-20-21-22-24-26-28-30-32-36-44(48)54-40(39-53-55(49,50)51)38-52-43(47)37-33-35-42(46)41(45)34-31-29-27-25-23-16-14-12-10-8-6-4-2/h6,8,12,14,23,25,29,31,40-42,45-46H,3-5,7,9-11,13,15-22,24,26-28,30,32-39H2,1-2H3,(H2,49,50,51)/b8-6-,14-12-,25-23-,31-29-/t40-,41+,42+/m1/s1. The van der Waals surface area contributed by atoms with E-state index in [9.17, 15) is 24.4 Å². The Morgan fingerprint density at radius 2 is 0.982 bits per heavy atom. The molecule has 0 spiro atoms. The van der Waals surface area contributed by atoms with Crippen molar-refractivity contribution in [2.45, 2.75) is 206 Å². The minimum Gasteiger partial charge on any atom is -0.462 e. The van der Waals surface area contributed by atoms with E-state index in [1.165, 1.54) is 89.9 Å². The third-order valence-electron chi connectivity index (χ3n) is 9.31. The lowest BCUT2D eigenvalue weighted by atomic mass is 10.0. The number of rotatable bonds is 39. The smallest absolute Gasteiger partial charge is 0.462 e. The molecule has 55 heavy (non-hydrogen) atoms. The Kier molecular flexibility index (Phi) is 37.3. The number of aliphatic hydroxyl groups is 2. The van der Waals surface area contributed by atoms with E-state index in [1.807, 2.05) is 18.2 Å². The second-order valence-electron chi connectivity index (χ2n) is 14.6. The number of esters is 2. The average Bonchev–Trinajstić information content (AvgIpc) is 3.15. The summed E-state index contributed by atoms with van der Waals surface area (Å²) < 4.78 is 26.2. The molecular formula is C44H79O10P. The number of allylic oxidation sites excluding steroid dienone is 7. The number of ether oxygens (including phenoxy) is 2. The van der Waals surface area contributed by atoms with Crippen LogP contribution >= 0.6 is 7.82 Å². The molecule has 0 heterocycles. The van der Waals surface area contributed by atoms with Crippen LogP contribution in [0.5, 0.6) is 0 Å². The maximum absolute atomic E-state index is 12.4. The maximum atomic E-state index is 12.4. The highest BCUT2D eigenvalue weighted by atomic mass is 31.2. The van der Waals surface area contributed by atoms with Gasteiger partial charge in [0, 0.05) is 12.8 Å². The number of carbonyl (C=O) groups is 2. The van der Waals surface area contributed by atoms with Gasteiger partial charge < -0.3 is 29.5 Å². The Balaban J connectivity index is 4.12. The van der Waals surface area contributed by atoms with Gasteiger partial charge in [0.25, 0.3) is 0 Å². The molecule has 0 aliphatic carbocycles. The van der Waals surface area contributed by atoms with E-state index in [0.29, 0.717) is 6.42 Å². The van der Waals surface area contributed by atoms with Crippen LogP contribution in [-0.4, -0.2) is 63.5 Å². The van der Waals surface area contributed by atoms with Gasteiger partial charge in [-0.25, -0.2) is 4.57 Å². The lowest BCUT2D eigenvalue weighted by molar-refractivity contribution is -0.161. The van der Waals surface area contributed by atoms with E-state index in [0.717, 1.165) is 44.9 Å². The summed E-state index contributed by atoms with van der Waals surface area (Å²) in [6, 6.07) is 0. The summed E-state index contributed by atoms with van der Waals surface area (Å²) in [6.07, 6.45) is 40.1. The van der Waals surface area contributed by atoms with E-state index >= 15 is 0 Å². The van der Waals surface area contributed by atoms with Gasteiger partial charge in [-0.2, -0.15) is 0 Å². The summed E-state index contributed by atoms with van der Waals surface area (Å²) in [5.41, 5.74) is 0. The van der Waals surface area contributed by atoms with Crippen LogP contribution in [0.2, 0.25) is 0 Å². The van der Waals surface area contributed by atoms with Gasteiger partial charge in [0.15, 0.2) is 6.10 Å². The van der Waals surface area contributed by atoms with E-state index in [1.54, 1.807) is 0 Å². The summed E-state index contributed by atoms with van der Waals surface area (Å²) in [5.74, 6) is -1.17. The Morgan fingerprint density at radius 1 is 0.545 bits per heavy atom. The van der Waals surface area contributed by atoms with Gasteiger partial charge in [0.05, 0.1) is 18.8 Å². The van der Waals surface area contributed by atoms with Gasteiger partial charge >= 0.3 is 19.8 Å². The topological polar surface area (TPSA) is 160 Å². The third kappa shape index (κ3) is 39.9. The summed E-state index contributed by atoms with van der Waals surface area (Å²) in [6.45, 7) is 3.33. The predicted molar refractivity (Wildman–Crippen MR) is 223 cm³/mol. The first kappa shape index (κ1) is 52.9. The number of carbonyl (C=O) groups excluding carboxylic acids is 2. The molecule has 0 saturated carbocycles. The van der Waals surface area contributed by atoms with Crippen LogP contribution in [0.3, 0.4) is 0 Å². The molecule has 3 atom stereocenters. The van der Waals surface area contributed by atoms with Gasteiger partial charge in [-0.15, -0.1) is 0 Å². The minimum absolute atomic E-state index is 0.0485. The van der Waals surface area contributed by atoms with Crippen LogP contribution in [0.25, 0.3) is 0 Å².